The van der Waals surface area contributed by atoms with E-state index >= 15 is 0 Å². The van der Waals surface area contributed by atoms with Crippen LogP contribution in [0.3, 0.4) is 0 Å². The van der Waals surface area contributed by atoms with Crippen molar-refractivity contribution >= 4 is 5.78 Å². The van der Waals surface area contributed by atoms with Crippen LogP contribution in [0.2, 0.25) is 0 Å². The van der Waals surface area contributed by atoms with Crippen LogP contribution in [-0.2, 0) is 4.79 Å². The third-order valence-electron chi connectivity index (χ3n) is 2.82. The van der Waals surface area contributed by atoms with E-state index in [4.69, 9.17) is 4.74 Å². The summed E-state index contributed by atoms with van der Waals surface area (Å²) in [6.07, 6.45) is 1.20. The van der Waals surface area contributed by atoms with Crippen molar-refractivity contribution in [2.24, 2.45) is 5.41 Å². The minimum absolute atomic E-state index is 0.0986. The predicted octanol–water partition coefficient (Wildman–Crippen LogP) is 1.95. The van der Waals surface area contributed by atoms with Gasteiger partial charge in [0, 0.05) is 6.07 Å². The average Bonchev–Trinajstić information content (AvgIpc) is 2.98. The fourth-order valence-corrected chi connectivity index (χ4v) is 1.54. The minimum atomic E-state index is -1.27. The molecule has 0 aliphatic rings. The Labute approximate surface area is 119 Å². The third-order valence-corrected chi connectivity index (χ3v) is 2.82. The van der Waals surface area contributed by atoms with Gasteiger partial charge in [-0.05, 0) is 6.07 Å². The van der Waals surface area contributed by atoms with Crippen LogP contribution in [0.15, 0.2) is 30.9 Å². The topological polar surface area (TPSA) is 69.9 Å². The van der Waals surface area contributed by atoms with Gasteiger partial charge in [0.1, 0.15) is 19.3 Å². The van der Waals surface area contributed by atoms with Crippen molar-refractivity contribution in [1.82, 2.24) is 19.7 Å². The molecule has 0 saturated carbocycles. The predicted molar refractivity (Wildman–Crippen MR) is 68.6 cm³/mol. The Kier molecular flexibility index (Phi) is 4.25. The molecule has 21 heavy (non-hydrogen) atoms. The molecule has 2 aromatic rings. The first-order valence-corrected chi connectivity index (χ1v) is 6.17. The first-order valence-electron chi connectivity index (χ1n) is 6.17. The van der Waals surface area contributed by atoms with Crippen LogP contribution in [0.1, 0.15) is 20.1 Å². The van der Waals surface area contributed by atoms with Crippen LogP contribution in [0.4, 0.5) is 8.78 Å². The first-order chi connectivity index (χ1) is 9.94. The summed E-state index contributed by atoms with van der Waals surface area (Å²) in [6, 6.07) is 3.92. The standard InChI is InChI=1S/C13H14F2N4O2/c1-13(2,6-14)11(20)12(19-8-16-7-17-19)21-10-5-3-4-9(15)18-10/h3-5,7-8,12H,6H2,1-2H3. The lowest BCUT2D eigenvalue weighted by Crippen LogP contribution is -2.37. The Morgan fingerprint density at radius 1 is 1.48 bits per heavy atom. The molecule has 112 valence electrons. The molecule has 1 atom stereocenters. The number of alkyl halides is 1. The fraction of sp³-hybridized carbons (Fsp3) is 0.385. The van der Waals surface area contributed by atoms with E-state index in [1.165, 1.54) is 38.6 Å². The van der Waals surface area contributed by atoms with E-state index < -0.39 is 30.0 Å². The molecule has 2 heterocycles. The summed E-state index contributed by atoms with van der Waals surface area (Å²) in [7, 11) is 0. The van der Waals surface area contributed by atoms with E-state index in [9.17, 15) is 13.6 Å². The number of carbonyl (C=O) groups is 1. The maximum atomic E-state index is 13.1. The van der Waals surface area contributed by atoms with Crippen molar-refractivity contribution in [3.8, 4) is 5.88 Å². The lowest BCUT2D eigenvalue weighted by molar-refractivity contribution is -0.140. The molecule has 6 nitrogen and oxygen atoms in total. The lowest BCUT2D eigenvalue weighted by Gasteiger charge is -2.25. The number of hydrogen-bond donors (Lipinski definition) is 0. The van der Waals surface area contributed by atoms with E-state index in [-0.39, 0.29) is 5.88 Å². The lowest BCUT2D eigenvalue weighted by atomic mass is 9.89. The fourth-order valence-electron chi connectivity index (χ4n) is 1.54. The molecule has 0 saturated heterocycles. The van der Waals surface area contributed by atoms with E-state index in [2.05, 4.69) is 15.1 Å². The van der Waals surface area contributed by atoms with Crippen molar-refractivity contribution in [2.75, 3.05) is 6.67 Å². The van der Waals surface area contributed by atoms with Gasteiger partial charge in [-0.3, -0.25) is 9.18 Å². The minimum Gasteiger partial charge on any atom is -0.444 e. The number of Topliss-reactive ketones (excluding diaryl/α,β-unsaturated/α-hetero) is 1. The molecule has 0 bridgehead atoms. The molecule has 8 heteroatoms. The zero-order chi connectivity index (χ0) is 15.5. The normalized spacial score (nSPS) is 13.0. The zero-order valence-electron chi connectivity index (χ0n) is 11.5. The number of ether oxygens (including phenoxy) is 1. The Morgan fingerprint density at radius 2 is 2.24 bits per heavy atom. The smallest absolute Gasteiger partial charge is 0.254 e. The Balaban J connectivity index is 2.32. The summed E-state index contributed by atoms with van der Waals surface area (Å²) >= 11 is 0. The van der Waals surface area contributed by atoms with Crippen LogP contribution in [0.5, 0.6) is 5.88 Å². The van der Waals surface area contributed by atoms with Crippen molar-refractivity contribution in [1.29, 1.82) is 0 Å². The summed E-state index contributed by atoms with van der Waals surface area (Å²) in [5, 5.41) is 3.82. The van der Waals surface area contributed by atoms with Crippen LogP contribution in [-0.4, -0.2) is 32.2 Å². The van der Waals surface area contributed by atoms with Gasteiger partial charge in [0.15, 0.2) is 0 Å². The third kappa shape index (κ3) is 3.39. The number of ketones is 1. The number of hydrogen-bond acceptors (Lipinski definition) is 5. The van der Waals surface area contributed by atoms with Crippen LogP contribution < -0.4 is 4.74 Å². The van der Waals surface area contributed by atoms with E-state index in [0.29, 0.717) is 0 Å². The number of pyridine rings is 1. The first kappa shape index (κ1) is 15.0. The summed E-state index contributed by atoms with van der Waals surface area (Å²) in [6.45, 7) is 2.03. The summed E-state index contributed by atoms with van der Waals surface area (Å²) in [5.41, 5.74) is -1.27. The van der Waals surface area contributed by atoms with Crippen LogP contribution in [0, 0.1) is 11.4 Å². The zero-order valence-corrected chi connectivity index (χ0v) is 11.5. The van der Waals surface area contributed by atoms with E-state index in [1.807, 2.05) is 0 Å². The molecular weight excluding hydrogens is 282 g/mol. The Bertz CT molecular complexity index is 616. The van der Waals surface area contributed by atoms with Gasteiger partial charge < -0.3 is 4.74 Å². The highest BCUT2D eigenvalue weighted by molar-refractivity contribution is 5.87. The molecule has 1 unspecified atom stereocenters. The molecule has 2 rings (SSSR count). The maximum Gasteiger partial charge on any atom is 0.254 e. The molecule has 0 aliphatic carbocycles. The number of rotatable bonds is 6. The van der Waals surface area contributed by atoms with Crippen LogP contribution in [0.25, 0.3) is 0 Å². The number of aromatic nitrogens is 4. The maximum absolute atomic E-state index is 13.1. The number of carbonyl (C=O) groups excluding carboxylic acids is 1. The quantitative estimate of drug-likeness (QED) is 0.762. The largest absolute Gasteiger partial charge is 0.444 e. The van der Waals surface area contributed by atoms with Crippen molar-refractivity contribution < 1.29 is 18.3 Å². The Hall–Kier alpha value is -2.38. The van der Waals surface area contributed by atoms with Gasteiger partial charge in [0.25, 0.3) is 6.23 Å². The van der Waals surface area contributed by atoms with Gasteiger partial charge in [-0.1, -0.05) is 19.9 Å². The summed E-state index contributed by atoms with van der Waals surface area (Å²) < 4.78 is 32.6. The van der Waals surface area contributed by atoms with Gasteiger partial charge >= 0.3 is 0 Å². The summed E-state index contributed by atoms with van der Waals surface area (Å²) in [5.74, 6) is -1.40. The monoisotopic (exact) mass is 296 g/mol. The highest BCUT2D eigenvalue weighted by Crippen LogP contribution is 2.26. The van der Waals surface area contributed by atoms with Gasteiger partial charge in [-0.15, -0.1) is 0 Å². The highest BCUT2D eigenvalue weighted by Gasteiger charge is 2.37. The molecule has 0 fully saturated rings. The van der Waals surface area contributed by atoms with Crippen molar-refractivity contribution in [2.45, 2.75) is 20.1 Å². The molecule has 0 radical (unpaired) electrons. The molecule has 2 aromatic heterocycles. The van der Waals surface area contributed by atoms with Crippen molar-refractivity contribution in [3.63, 3.8) is 0 Å². The molecule has 0 spiro atoms. The van der Waals surface area contributed by atoms with Crippen LogP contribution >= 0.6 is 0 Å². The van der Waals surface area contributed by atoms with Gasteiger partial charge in [-0.2, -0.15) is 14.5 Å². The van der Waals surface area contributed by atoms with Gasteiger partial charge in [-0.25, -0.2) is 9.67 Å². The summed E-state index contributed by atoms with van der Waals surface area (Å²) in [4.78, 5) is 19.6. The number of halogens is 2. The van der Waals surface area contributed by atoms with Gasteiger partial charge in [0.05, 0.1) is 5.41 Å². The Morgan fingerprint density at radius 3 is 2.81 bits per heavy atom. The highest BCUT2D eigenvalue weighted by atomic mass is 19.1. The second kappa shape index (κ2) is 5.94. The second-order valence-electron chi connectivity index (χ2n) is 5.03. The molecule has 0 aliphatic heterocycles. The molecule has 0 aromatic carbocycles. The van der Waals surface area contributed by atoms with Crippen molar-refractivity contribution in [3.05, 3.63) is 36.8 Å². The molecule has 0 N–H and O–H groups in total. The average molecular weight is 296 g/mol. The number of nitrogens with zero attached hydrogens (tertiary/aromatic N) is 4. The second-order valence-corrected chi connectivity index (χ2v) is 5.03. The molecule has 0 amide bonds. The van der Waals surface area contributed by atoms with Gasteiger partial charge in [0.2, 0.25) is 17.6 Å². The van der Waals surface area contributed by atoms with E-state index in [0.717, 1.165) is 10.7 Å². The SMILES string of the molecule is CC(C)(CF)C(=O)C(Oc1cccc(F)n1)n1cncn1. The van der Waals surface area contributed by atoms with E-state index in [1.54, 1.807) is 0 Å². The molecular formula is C13H14F2N4O2.